The van der Waals surface area contributed by atoms with Gasteiger partial charge < -0.3 is 10.2 Å². The van der Waals surface area contributed by atoms with Gasteiger partial charge in [-0.3, -0.25) is 0 Å². The van der Waals surface area contributed by atoms with Crippen molar-refractivity contribution in [2.45, 2.75) is 50.1 Å². The van der Waals surface area contributed by atoms with E-state index in [2.05, 4.69) is 18.1 Å². The Labute approximate surface area is 164 Å². The van der Waals surface area contributed by atoms with Crippen molar-refractivity contribution < 1.29 is 31.1 Å². The first-order chi connectivity index (χ1) is 12.8. The van der Waals surface area contributed by atoms with E-state index >= 15 is 0 Å². The second-order valence-corrected chi connectivity index (χ2v) is 7.35. The summed E-state index contributed by atoms with van der Waals surface area (Å²) in [5, 5.41) is 2.67. The predicted octanol–water partition coefficient (Wildman–Crippen LogP) is 4.96. The van der Waals surface area contributed by atoms with Crippen molar-refractivity contribution in [3.05, 3.63) is 29.3 Å². The van der Waals surface area contributed by atoms with Crippen LogP contribution in [0.5, 0.6) is 0 Å². The Morgan fingerprint density at radius 3 is 1.96 bits per heavy atom. The van der Waals surface area contributed by atoms with Crippen LogP contribution in [0.25, 0.3) is 0 Å². The number of carbonyl (C=O) groups is 1. The molecule has 1 aliphatic rings. The highest BCUT2D eigenvalue weighted by Crippen LogP contribution is 2.38. The van der Waals surface area contributed by atoms with Crippen LogP contribution in [0.15, 0.2) is 18.2 Å². The minimum atomic E-state index is -5.00. The van der Waals surface area contributed by atoms with Crippen LogP contribution in [0, 0.1) is 0 Å². The molecule has 1 aliphatic carbocycles. The van der Waals surface area contributed by atoms with Gasteiger partial charge in [-0.25, -0.2) is 9.10 Å². The number of hydrogen-bond acceptors (Lipinski definition) is 3. The van der Waals surface area contributed by atoms with Crippen molar-refractivity contribution in [3.63, 3.8) is 0 Å². The van der Waals surface area contributed by atoms with E-state index in [0.29, 0.717) is 22.9 Å². The Morgan fingerprint density at radius 2 is 1.50 bits per heavy atom. The number of carbonyl (C=O) groups excluding carboxylic acids is 1. The SMILES string of the molecule is CN(C)C1CCCCC1NC(=O)N(S)c1cc(C(F)(F)F)cc(C(F)(F)F)c1. The zero-order valence-corrected chi connectivity index (χ0v) is 16.1. The number of likely N-dealkylation sites (N-methyl/N-ethyl adjacent to an activating group) is 1. The number of nitrogens with one attached hydrogen (secondary N) is 1. The van der Waals surface area contributed by atoms with Crippen LogP contribution in [-0.4, -0.2) is 37.1 Å². The number of benzene rings is 1. The molecule has 0 bridgehead atoms. The number of nitrogens with zero attached hydrogens (tertiary/aromatic N) is 2. The summed E-state index contributed by atoms with van der Waals surface area (Å²) < 4.78 is 78.5. The lowest BCUT2D eigenvalue weighted by Gasteiger charge is -2.37. The van der Waals surface area contributed by atoms with Gasteiger partial charge in [0.2, 0.25) is 0 Å². The van der Waals surface area contributed by atoms with Gasteiger partial charge >= 0.3 is 18.4 Å². The quantitative estimate of drug-likeness (QED) is 0.527. The molecule has 1 fully saturated rings. The molecule has 2 atom stereocenters. The Balaban J connectivity index is 2.29. The summed E-state index contributed by atoms with van der Waals surface area (Å²) in [6.07, 6.45) is -6.67. The van der Waals surface area contributed by atoms with Gasteiger partial charge in [-0.05, 0) is 45.1 Å². The predicted molar refractivity (Wildman–Crippen MR) is 96.2 cm³/mol. The zero-order chi connectivity index (χ0) is 21.3. The smallest absolute Gasteiger partial charge is 0.333 e. The molecule has 4 nitrogen and oxygen atoms in total. The molecule has 0 aliphatic heterocycles. The van der Waals surface area contributed by atoms with Crippen molar-refractivity contribution >= 4 is 24.5 Å². The number of halogens is 6. The molecule has 1 N–H and O–H groups in total. The Morgan fingerprint density at radius 1 is 1.00 bits per heavy atom. The van der Waals surface area contributed by atoms with Crippen LogP contribution < -0.4 is 9.62 Å². The molecule has 2 rings (SSSR count). The summed E-state index contributed by atoms with van der Waals surface area (Å²) >= 11 is 3.85. The van der Waals surface area contributed by atoms with Crippen LogP contribution in [0.1, 0.15) is 36.8 Å². The molecule has 0 heterocycles. The van der Waals surface area contributed by atoms with E-state index in [1.165, 1.54) is 0 Å². The van der Waals surface area contributed by atoms with E-state index < -0.39 is 35.2 Å². The van der Waals surface area contributed by atoms with E-state index in [0.717, 1.165) is 19.3 Å². The number of hydrogen-bond donors (Lipinski definition) is 2. The molecule has 28 heavy (non-hydrogen) atoms. The fourth-order valence-electron chi connectivity index (χ4n) is 3.30. The molecular weight excluding hydrogens is 408 g/mol. The van der Waals surface area contributed by atoms with Gasteiger partial charge in [0, 0.05) is 12.1 Å². The average molecular weight is 429 g/mol. The lowest BCUT2D eigenvalue weighted by molar-refractivity contribution is -0.143. The molecule has 0 radical (unpaired) electrons. The summed E-state index contributed by atoms with van der Waals surface area (Å²) in [6, 6.07) is -0.204. The average Bonchev–Trinajstić information content (AvgIpc) is 2.59. The molecule has 1 aromatic rings. The molecule has 1 saturated carbocycles. The molecule has 11 heteroatoms. The topological polar surface area (TPSA) is 35.6 Å². The van der Waals surface area contributed by atoms with Gasteiger partial charge in [0.15, 0.2) is 0 Å². The molecule has 0 spiro atoms. The lowest BCUT2D eigenvalue weighted by atomic mass is 9.89. The number of anilines is 1. The highest BCUT2D eigenvalue weighted by Gasteiger charge is 2.38. The molecule has 0 aromatic heterocycles. The summed E-state index contributed by atoms with van der Waals surface area (Å²) in [6.45, 7) is 0. The van der Waals surface area contributed by atoms with Crippen molar-refractivity contribution in [1.29, 1.82) is 0 Å². The molecule has 158 valence electrons. The first-order valence-corrected chi connectivity index (χ1v) is 8.96. The summed E-state index contributed by atoms with van der Waals surface area (Å²) in [7, 11) is 3.69. The van der Waals surface area contributed by atoms with Crippen molar-refractivity contribution in [2.24, 2.45) is 0 Å². The van der Waals surface area contributed by atoms with Gasteiger partial charge in [0.1, 0.15) is 0 Å². The highest BCUT2D eigenvalue weighted by molar-refractivity contribution is 7.82. The minimum absolute atomic E-state index is 0.00618. The number of amides is 2. The zero-order valence-electron chi connectivity index (χ0n) is 15.2. The number of alkyl halides is 6. The summed E-state index contributed by atoms with van der Waals surface area (Å²) in [5.41, 5.74) is -3.62. The molecule has 1 aromatic carbocycles. The van der Waals surface area contributed by atoms with E-state index in [4.69, 9.17) is 0 Å². The Bertz CT molecular complexity index is 675. The van der Waals surface area contributed by atoms with E-state index in [1.54, 1.807) is 0 Å². The number of urea groups is 1. The second-order valence-electron chi connectivity index (χ2n) is 6.95. The number of thiol groups is 1. The summed E-state index contributed by atoms with van der Waals surface area (Å²) in [5.74, 6) is 0. The summed E-state index contributed by atoms with van der Waals surface area (Å²) in [4.78, 5) is 14.4. The number of rotatable bonds is 3. The lowest BCUT2D eigenvalue weighted by Crippen LogP contribution is -2.53. The van der Waals surface area contributed by atoms with Crippen molar-refractivity contribution in [2.75, 3.05) is 18.4 Å². The molecule has 2 amide bonds. The largest absolute Gasteiger partial charge is 0.416 e. The van der Waals surface area contributed by atoms with Gasteiger partial charge in [0.25, 0.3) is 0 Å². The first-order valence-electron chi connectivity index (χ1n) is 8.56. The third kappa shape index (κ3) is 5.47. The van der Waals surface area contributed by atoms with Gasteiger partial charge in [-0.1, -0.05) is 25.7 Å². The van der Waals surface area contributed by atoms with Crippen LogP contribution in [0.4, 0.5) is 36.8 Å². The second kappa shape index (κ2) is 8.40. The van der Waals surface area contributed by atoms with Crippen LogP contribution in [0.2, 0.25) is 0 Å². The fourth-order valence-corrected chi connectivity index (χ4v) is 3.47. The van der Waals surface area contributed by atoms with Crippen LogP contribution in [-0.2, 0) is 12.4 Å². The maximum absolute atomic E-state index is 13.0. The highest BCUT2D eigenvalue weighted by atomic mass is 32.1. The van der Waals surface area contributed by atoms with Gasteiger partial charge in [-0.15, -0.1) is 0 Å². The van der Waals surface area contributed by atoms with Crippen LogP contribution in [0.3, 0.4) is 0 Å². The maximum atomic E-state index is 13.0. The standard InChI is InChI=1S/C17H21F6N3OS/c1-25(2)14-6-4-3-5-13(14)24-15(27)26(28)12-8-10(16(18,19)20)7-11(9-12)17(21,22)23/h7-9,13-14,28H,3-6H2,1-2H3,(H,24,27). The molecule has 0 saturated heterocycles. The van der Waals surface area contributed by atoms with E-state index in [-0.39, 0.29) is 18.2 Å². The van der Waals surface area contributed by atoms with Crippen LogP contribution >= 0.6 is 12.8 Å². The van der Waals surface area contributed by atoms with Gasteiger partial charge in [-0.2, -0.15) is 26.3 Å². The Kier molecular flexibility index (Phi) is 6.80. The monoisotopic (exact) mass is 429 g/mol. The Hall–Kier alpha value is -1.62. The molecule has 2 unspecified atom stereocenters. The van der Waals surface area contributed by atoms with Gasteiger partial charge in [0.05, 0.1) is 16.8 Å². The maximum Gasteiger partial charge on any atom is 0.416 e. The normalized spacial score (nSPS) is 20.9. The molecular formula is C17H21F6N3OS. The van der Waals surface area contributed by atoms with E-state index in [1.807, 2.05) is 19.0 Å². The minimum Gasteiger partial charge on any atom is -0.333 e. The fraction of sp³-hybridized carbons (Fsp3) is 0.588. The third-order valence-electron chi connectivity index (χ3n) is 4.71. The van der Waals surface area contributed by atoms with E-state index in [9.17, 15) is 31.1 Å². The van der Waals surface area contributed by atoms with Crippen molar-refractivity contribution in [3.8, 4) is 0 Å². The van der Waals surface area contributed by atoms with Crippen molar-refractivity contribution in [1.82, 2.24) is 10.2 Å². The first kappa shape index (κ1) is 22.7. The third-order valence-corrected chi connectivity index (χ3v) is 5.12.